The van der Waals surface area contributed by atoms with Crippen molar-refractivity contribution in [3.63, 3.8) is 0 Å². The molecular formula is C16H16F3N. The van der Waals surface area contributed by atoms with Crippen LogP contribution < -0.4 is 5.73 Å². The average molecular weight is 279 g/mol. The molecule has 2 atom stereocenters. The second-order valence-corrected chi connectivity index (χ2v) is 4.85. The molecule has 0 saturated carbocycles. The SMILES string of the molecule is CC(c1ccccc1)C(N)c1cccc(C(F)(F)F)c1. The molecule has 0 heterocycles. The summed E-state index contributed by atoms with van der Waals surface area (Å²) in [5.74, 6) is -0.0558. The minimum absolute atomic E-state index is 0.0558. The molecule has 0 spiro atoms. The van der Waals surface area contributed by atoms with Crippen LogP contribution in [-0.4, -0.2) is 0 Å². The van der Waals surface area contributed by atoms with Crippen LogP contribution in [0.4, 0.5) is 13.2 Å². The highest BCUT2D eigenvalue weighted by atomic mass is 19.4. The number of halogens is 3. The average Bonchev–Trinajstić information content (AvgIpc) is 2.46. The highest BCUT2D eigenvalue weighted by Crippen LogP contribution is 2.33. The van der Waals surface area contributed by atoms with E-state index < -0.39 is 17.8 Å². The van der Waals surface area contributed by atoms with E-state index in [-0.39, 0.29) is 5.92 Å². The third-order valence-corrected chi connectivity index (χ3v) is 3.46. The van der Waals surface area contributed by atoms with E-state index in [1.807, 2.05) is 37.3 Å². The van der Waals surface area contributed by atoms with Crippen LogP contribution in [0.5, 0.6) is 0 Å². The van der Waals surface area contributed by atoms with Crippen molar-refractivity contribution in [2.45, 2.75) is 25.1 Å². The lowest BCUT2D eigenvalue weighted by Crippen LogP contribution is -2.18. The minimum Gasteiger partial charge on any atom is -0.323 e. The van der Waals surface area contributed by atoms with Crippen molar-refractivity contribution in [1.82, 2.24) is 0 Å². The van der Waals surface area contributed by atoms with Crippen LogP contribution in [0.2, 0.25) is 0 Å². The first-order chi connectivity index (χ1) is 9.39. The van der Waals surface area contributed by atoms with Crippen LogP contribution in [-0.2, 0) is 6.18 Å². The highest BCUT2D eigenvalue weighted by molar-refractivity contribution is 5.31. The Kier molecular flexibility index (Phi) is 4.14. The van der Waals surface area contributed by atoms with Gasteiger partial charge in [0.05, 0.1) is 5.56 Å². The van der Waals surface area contributed by atoms with Gasteiger partial charge in [-0.3, -0.25) is 0 Å². The smallest absolute Gasteiger partial charge is 0.323 e. The summed E-state index contributed by atoms with van der Waals surface area (Å²) in [5.41, 5.74) is 6.96. The molecule has 0 saturated heterocycles. The summed E-state index contributed by atoms with van der Waals surface area (Å²) >= 11 is 0. The Bertz CT molecular complexity index is 563. The van der Waals surface area contributed by atoms with E-state index in [9.17, 15) is 13.2 Å². The number of nitrogens with two attached hydrogens (primary N) is 1. The van der Waals surface area contributed by atoms with E-state index in [1.165, 1.54) is 6.07 Å². The van der Waals surface area contributed by atoms with Gasteiger partial charge in [0.1, 0.15) is 0 Å². The molecule has 0 radical (unpaired) electrons. The van der Waals surface area contributed by atoms with Gasteiger partial charge in [-0.25, -0.2) is 0 Å². The van der Waals surface area contributed by atoms with Gasteiger partial charge in [-0.05, 0) is 23.3 Å². The first-order valence-corrected chi connectivity index (χ1v) is 6.37. The number of benzene rings is 2. The zero-order chi connectivity index (χ0) is 14.8. The Morgan fingerprint density at radius 1 is 0.900 bits per heavy atom. The van der Waals surface area contributed by atoms with Crippen LogP contribution in [0.1, 0.15) is 35.6 Å². The molecule has 4 heteroatoms. The maximum Gasteiger partial charge on any atom is 0.416 e. The van der Waals surface area contributed by atoms with Gasteiger partial charge in [0.25, 0.3) is 0 Å². The monoisotopic (exact) mass is 279 g/mol. The van der Waals surface area contributed by atoms with Gasteiger partial charge >= 0.3 is 6.18 Å². The van der Waals surface area contributed by atoms with Gasteiger partial charge in [-0.1, -0.05) is 49.4 Å². The predicted octanol–water partition coefficient (Wildman–Crippen LogP) is 4.51. The minimum atomic E-state index is -4.34. The van der Waals surface area contributed by atoms with E-state index >= 15 is 0 Å². The molecule has 0 amide bonds. The third kappa shape index (κ3) is 3.20. The molecule has 2 aromatic carbocycles. The van der Waals surface area contributed by atoms with Gasteiger partial charge in [0.2, 0.25) is 0 Å². The highest BCUT2D eigenvalue weighted by Gasteiger charge is 2.31. The van der Waals surface area contributed by atoms with Crippen molar-refractivity contribution in [3.8, 4) is 0 Å². The van der Waals surface area contributed by atoms with Crippen LogP contribution in [0.3, 0.4) is 0 Å². The lowest BCUT2D eigenvalue weighted by molar-refractivity contribution is -0.137. The number of hydrogen-bond acceptors (Lipinski definition) is 1. The van der Waals surface area contributed by atoms with Gasteiger partial charge in [0, 0.05) is 12.0 Å². The van der Waals surface area contributed by atoms with E-state index in [0.29, 0.717) is 5.56 Å². The summed E-state index contributed by atoms with van der Waals surface area (Å²) in [5, 5.41) is 0. The first kappa shape index (κ1) is 14.6. The van der Waals surface area contributed by atoms with E-state index in [0.717, 1.165) is 17.7 Å². The molecule has 2 rings (SSSR count). The summed E-state index contributed by atoms with van der Waals surface area (Å²) in [7, 11) is 0. The molecule has 0 aromatic heterocycles. The summed E-state index contributed by atoms with van der Waals surface area (Å²) in [6.45, 7) is 1.92. The lowest BCUT2D eigenvalue weighted by Gasteiger charge is -2.21. The van der Waals surface area contributed by atoms with E-state index in [2.05, 4.69) is 0 Å². The van der Waals surface area contributed by atoms with Gasteiger partial charge < -0.3 is 5.73 Å². The molecule has 2 unspecified atom stereocenters. The normalized spacial score (nSPS) is 14.8. The van der Waals surface area contributed by atoms with Crippen LogP contribution in [0.15, 0.2) is 54.6 Å². The fourth-order valence-electron chi connectivity index (χ4n) is 2.17. The fourth-order valence-corrected chi connectivity index (χ4v) is 2.17. The molecule has 0 fully saturated rings. The fraction of sp³-hybridized carbons (Fsp3) is 0.250. The maximum atomic E-state index is 12.7. The van der Waals surface area contributed by atoms with Crippen molar-refractivity contribution < 1.29 is 13.2 Å². The maximum absolute atomic E-state index is 12.7. The van der Waals surface area contributed by atoms with Crippen LogP contribution >= 0.6 is 0 Å². The Labute approximate surface area is 116 Å². The first-order valence-electron chi connectivity index (χ1n) is 6.37. The molecule has 0 aliphatic heterocycles. The van der Waals surface area contributed by atoms with Crippen molar-refractivity contribution in [2.24, 2.45) is 5.73 Å². The molecular weight excluding hydrogens is 263 g/mol. The Balaban J connectivity index is 2.27. The summed E-state index contributed by atoms with van der Waals surface area (Å²) in [6, 6.07) is 14.3. The second kappa shape index (κ2) is 5.67. The predicted molar refractivity (Wildman–Crippen MR) is 73.2 cm³/mol. The molecule has 0 aliphatic carbocycles. The number of alkyl halides is 3. The molecule has 0 aliphatic rings. The van der Waals surface area contributed by atoms with Crippen molar-refractivity contribution in [2.75, 3.05) is 0 Å². The molecule has 106 valence electrons. The van der Waals surface area contributed by atoms with Crippen LogP contribution in [0, 0.1) is 0 Å². The zero-order valence-corrected chi connectivity index (χ0v) is 11.1. The number of rotatable bonds is 3. The molecule has 0 bridgehead atoms. The Hall–Kier alpha value is -1.81. The van der Waals surface area contributed by atoms with Crippen molar-refractivity contribution in [3.05, 3.63) is 71.3 Å². The molecule has 2 aromatic rings. The van der Waals surface area contributed by atoms with E-state index in [4.69, 9.17) is 5.73 Å². The topological polar surface area (TPSA) is 26.0 Å². The zero-order valence-electron chi connectivity index (χ0n) is 11.1. The largest absolute Gasteiger partial charge is 0.416 e. The second-order valence-electron chi connectivity index (χ2n) is 4.85. The van der Waals surface area contributed by atoms with Crippen LogP contribution in [0.25, 0.3) is 0 Å². The number of hydrogen-bond donors (Lipinski definition) is 1. The molecule has 20 heavy (non-hydrogen) atoms. The van der Waals surface area contributed by atoms with Crippen molar-refractivity contribution >= 4 is 0 Å². The van der Waals surface area contributed by atoms with Gasteiger partial charge in [-0.15, -0.1) is 0 Å². The lowest BCUT2D eigenvalue weighted by atomic mass is 9.88. The summed E-state index contributed by atoms with van der Waals surface area (Å²) in [6.07, 6.45) is -4.34. The summed E-state index contributed by atoms with van der Waals surface area (Å²) in [4.78, 5) is 0. The summed E-state index contributed by atoms with van der Waals surface area (Å²) < 4.78 is 38.1. The third-order valence-electron chi connectivity index (χ3n) is 3.46. The molecule has 2 N–H and O–H groups in total. The Morgan fingerprint density at radius 3 is 2.10 bits per heavy atom. The Morgan fingerprint density at radius 2 is 1.50 bits per heavy atom. The standard InChI is InChI=1S/C16H16F3N/c1-11(12-6-3-2-4-7-12)15(20)13-8-5-9-14(10-13)16(17,18)19/h2-11,15H,20H2,1H3. The van der Waals surface area contributed by atoms with Gasteiger partial charge in [0.15, 0.2) is 0 Å². The molecule has 1 nitrogen and oxygen atoms in total. The van der Waals surface area contributed by atoms with Crippen molar-refractivity contribution in [1.29, 1.82) is 0 Å². The quantitative estimate of drug-likeness (QED) is 0.879. The van der Waals surface area contributed by atoms with E-state index in [1.54, 1.807) is 6.07 Å². The van der Waals surface area contributed by atoms with Gasteiger partial charge in [-0.2, -0.15) is 13.2 Å².